The van der Waals surface area contributed by atoms with Crippen LogP contribution in [0.25, 0.3) is 0 Å². The van der Waals surface area contributed by atoms with Gasteiger partial charge in [-0.3, -0.25) is 4.79 Å². The van der Waals surface area contributed by atoms with E-state index in [1.807, 2.05) is 6.07 Å². The van der Waals surface area contributed by atoms with Gasteiger partial charge in [0.15, 0.2) is 9.84 Å². The SMILES string of the molecule is N#Cc1cccc(NC(=O)CS(=O)(=O)C2CCCC2)c1. The summed E-state index contributed by atoms with van der Waals surface area (Å²) in [6, 6.07) is 8.36. The number of nitriles is 1. The molecular weight excluding hydrogens is 276 g/mol. The standard InChI is InChI=1S/C14H16N2O3S/c15-9-11-4-3-5-12(8-11)16-14(17)10-20(18,19)13-6-1-2-7-13/h3-5,8,13H,1-2,6-7,10H2,(H,16,17). The van der Waals surface area contributed by atoms with Crippen molar-refractivity contribution in [2.24, 2.45) is 0 Å². The van der Waals surface area contributed by atoms with E-state index in [4.69, 9.17) is 5.26 Å². The molecule has 1 aliphatic carbocycles. The summed E-state index contributed by atoms with van der Waals surface area (Å²) in [6.07, 6.45) is 3.13. The molecule has 2 rings (SSSR count). The summed E-state index contributed by atoms with van der Waals surface area (Å²) in [6.45, 7) is 0. The third-order valence-electron chi connectivity index (χ3n) is 3.42. The monoisotopic (exact) mass is 292 g/mol. The third kappa shape index (κ3) is 3.58. The zero-order chi connectivity index (χ0) is 14.6. The lowest BCUT2D eigenvalue weighted by molar-refractivity contribution is -0.113. The zero-order valence-electron chi connectivity index (χ0n) is 11.0. The first-order valence-electron chi connectivity index (χ1n) is 6.53. The first-order chi connectivity index (χ1) is 9.51. The topological polar surface area (TPSA) is 87.0 Å². The van der Waals surface area contributed by atoms with Crippen molar-refractivity contribution in [2.45, 2.75) is 30.9 Å². The number of amides is 1. The molecule has 106 valence electrons. The van der Waals surface area contributed by atoms with Crippen LogP contribution in [0.5, 0.6) is 0 Å². The Kier molecular flexibility index (Phi) is 4.40. The Labute approximate surface area is 118 Å². The number of hydrogen-bond acceptors (Lipinski definition) is 4. The van der Waals surface area contributed by atoms with Gasteiger partial charge in [-0.15, -0.1) is 0 Å². The second kappa shape index (κ2) is 6.06. The van der Waals surface area contributed by atoms with Crippen LogP contribution < -0.4 is 5.32 Å². The largest absolute Gasteiger partial charge is 0.325 e. The average molecular weight is 292 g/mol. The van der Waals surface area contributed by atoms with Gasteiger partial charge in [-0.2, -0.15) is 5.26 Å². The number of anilines is 1. The molecule has 0 radical (unpaired) electrons. The molecule has 1 fully saturated rings. The Bertz CT molecular complexity index is 641. The Morgan fingerprint density at radius 3 is 2.70 bits per heavy atom. The number of benzene rings is 1. The number of nitrogens with one attached hydrogen (secondary N) is 1. The van der Waals surface area contributed by atoms with Gasteiger partial charge in [0.25, 0.3) is 0 Å². The first kappa shape index (κ1) is 14.5. The van der Waals surface area contributed by atoms with Crippen LogP contribution >= 0.6 is 0 Å². The molecule has 1 aromatic carbocycles. The molecular formula is C14H16N2O3S. The van der Waals surface area contributed by atoms with Crippen LogP contribution in [0, 0.1) is 11.3 Å². The Balaban J connectivity index is 2.00. The average Bonchev–Trinajstić information content (AvgIpc) is 2.92. The van der Waals surface area contributed by atoms with Crippen LogP contribution in [0.15, 0.2) is 24.3 Å². The van der Waals surface area contributed by atoms with Gasteiger partial charge in [0.2, 0.25) is 5.91 Å². The Hall–Kier alpha value is -1.87. The quantitative estimate of drug-likeness (QED) is 0.917. The van der Waals surface area contributed by atoms with Gasteiger partial charge in [0.05, 0.1) is 16.9 Å². The highest BCUT2D eigenvalue weighted by Gasteiger charge is 2.30. The summed E-state index contributed by atoms with van der Waals surface area (Å²) in [4.78, 5) is 11.8. The lowest BCUT2D eigenvalue weighted by atomic mass is 10.2. The number of carbonyl (C=O) groups is 1. The van der Waals surface area contributed by atoms with Crippen molar-refractivity contribution >= 4 is 21.4 Å². The molecule has 0 atom stereocenters. The van der Waals surface area contributed by atoms with E-state index in [1.165, 1.54) is 6.07 Å². The smallest absolute Gasteiger partial charge is 0.239 e. The van der Waals surface area contributed by atoms with Crippen molar-refractivity contribution in [3.8, 4) is 6.07 Å². The van der Waals surface area contributed by atoms with Crippen molar-refractivity contribution in [2.75, 3.05) is 11.1 Å². The third-order valence-corrected chi connectivity index (χ3v) is 5.57. The minimum atomic E-state index is -3.37. The Morgan fingerprint density at radius 1 is 1.35 bits per heavy atom. The van der Waals surface area contributed by atoms with Gasteiger partial charge < -0.3 is 5.32 Å². The number of nitrogens with zero attached hydrogens (tertiary/aromatic N) is 1. The molecule has 0 bridgehead atoms. The summed E-state index contributed by atoms with van der Waals surface area (Å²) in [7, 11) is -3.37. The van der Waals surface area contributed by atoms with Crippen LogP contribution in [0.2, 0.25) is 0 Å². The molecule has 0 unspecified atom stereocenters. The highest BCUT2D eigenvalue weighted by Crippen LogP contribution is 2.25. The zero-order valence-corrected chi connectivity index (χ0v) is 11.8. The minimum Gasteiger partial charge on any atom is -0.325 e. The van der Waals surface area contributed by atoms with Gasteiger partial charge >= 0.3 is 0 Å². The molecule has 5 nitrogen and oxygen atoms in total. The minimum absolute atomic E-state index is 0.376. The number of hydrogen-bond donors (Lipinski definition) is 1. The number of sulfone groups is 1. The van der Waals surface area contributed by atoms with E-state index in [0.717, 1.165) is 12.8 Å². The van der Waals surface area contributed by atoms with E-state index >= 15 is 0 Å². The van der Waals surface area contributed by atoms with Gasteiger partial charge in [-0.25, -0.2) is 8.42 Å². The maximum atomic E-state index is 12.0. The fourth-order valence-corrected chi connectivity index (χ4v) is 4.14. The first-order valence-corrected chi connectivity index (χ1v) is 8.24. The highest BCUT2D eigenvalue weighted by atomic mass is 32.2. The van der Waals surface area contributed by atoms with Crippen molar-refractivity contribution in [3.05, 3.63) is 29.8 Å². The van der Waals surface area contributed by atoms with E-state index < -0.39 is 21.5 Å². The van der Waals surface area contributed by atoms with Crippen LogP contribution in [0.1, 0.15) is 31.2 Å². The van der Waals surface area contributed by atoms with Crippen molar-refractivity contribution in [1.29, 1.82) is 5.26 Å². The van der Waals surface area contributed by atoms with Crippen molar-refractivity contribution < 1.29 is 13.2 Å². The van der Waals surface area contributed by atoms with Gasteiger partial charge in [-0.05, 0) is 31.0 Å². The van der Waals surface area contributed by atoms with Crippen molar-refractivity contribution in [1.82, 2.24) is 0 Å². The number of carbonyl (C=O) groups excluding carboxylic acids is 1. The second-order valence-electron chi connectivity index (χ2n) is 4.95. The molecule has 0 saturated heterocycles. The van der Waals surface area contributed by atoms with Gasteiger partial charge in [0, 0.05) is 5.69 Å². The molecule has 0 heterocycles. The van der Waals surface area contributed by atoms with E-state index in [9.17, 15) is 13.2 Å². The lowest BCUT2D eigenvalue weighted by Gasteiger charge is -2.11. The maximum absolute atomic E-state index is 12.0. The fourth-order valence-electron chi connectivity index (χ4n) is 2.41. The van der Waals surface area contributed by atoms with Gasteiger partial charge in [0.1, 0.15) is 5.75 Å². The predicted octanol–water partition coefficient (Wildman–Crippen LogP) is 1.85. The highest BCUT2D eigenvalue weighted by molar-refractivity contribution is 7.92. The van der Waals surface area contributed by atoms with Crippen LogP contribution in [-0.4, -0.2) is 25.3 Å². The molecule has 1 amide bonds. The molecule has 20 heavy (non-hydrogen) atoms. The number of rotatable bonds is 4. The van der Waals surface area contributed by atoms with E-state index in [2.05, 4.69) is 5.32 Å². The maximum Gasteiger partial charge on any atom is 0.239 e. The molecule has 1 aromatic rings. The van der Waals surface area contributed by atoms with Crippen LogP contribution in [0.4, 0.5) is 5.69 Å². The molecule has 0 aromatic heterocycles. The molecule has 1 N–H and O–H groups in total. The molecule has 6 heteroatoms. The summed E-state index contributed by atoms with van der Waals surface area (Å²) in [5, 5.41) is 10.9. The summed E-state index contributed by atoms with van der Waals surface area (Å²) in [5.41, 5.74) is 0.858. The van der Waals surface area contributed by atoms with Gasteiger partial charge in [-0.1, -0.05) is 18.9 Å². The van der Waals surface area contributed by atoms with Crippen LogP contribution in [-0.2, 0) is 14.6 Å². The van der Waals surface area contributed by atoms with Crippen LogP contribution in [0.3, 0.4) is 0 Å². The van der Waals surface area contributed by atoms with E-state index in [1.54, 1.807) is 18.2 Å². The second-order valence-corrected chi connectivity index (χ2v) is 7.24. The summed E-state index contributed by atoms with van der Waals surface area (Å²) in [5.74, 6) is -1.04. The Morgan fingerprint density at radius 2 is 2.05 bits per heavy atom. The normalized spacial score (nSPS) is 15.8. The lowest BCUT2D eigenvalue weighted by Crippen LogP contribution is -2.29. The summed E-state index contributed by atoms with van der Waals surface area (Å²) >= 11 is 0. The summed E-state index contributed by atoms with van der Waals surface area (Å²) < 4.78 is 24.1. The molecule has 1 aliphatic rings. The fraction of sp³-hybridized carbons (Fsp3) is 0.429. The predicted molar refractivity (Wildman–Crippen MR) is 75.8 cm³/mol. The van der Waals surface area contributed by atoms with Crippen molar-refractivity contribution in [3.63, 3.8) is 0 Å². The molecule has 0 spiro atoms. The molecule has 0 aliphatic heterocycles. The van der Waals surface area contributed by atoms with E-state index in [0.29, 0.717) is 24.1 Å². The van der Waals surface area contributed by atoms with E-state index in [-0.39, 0.29) is 5.25 Å². The molecule has 1 saturated carbocycles.